The maximum atomic E-state index is 12.1. The third-order valence-corrected chi connectivity index (χ3v) is 4.96. The molecule has 144 valence electrons. The molecule has 0 atom stereocenters. The molecule has 6 heteroatoms. The van der Waals surface area contributed by atoms with E-state index in [0.29, 0.717) is 17.8 Å². The van der Waals surface area contributed by atoms with E-state index in [1.54, 1.807) is 25.1 Å². The maximum absolute atomic E-state index is 12.1. The first-order chi connectivity index (χ1) is 13.6. The van der Waals surface area contributed by atoms with Crippen molar-refractivity contribution in [2.24, 2.45) is 0 Å². The van der Waals surface area contributed by atoms with E-state index < -0.39 is 11.7 Å². The third kappa shape index (κ3) is 3.92. The fourth-order valence-corrected chi connectivity index (χ4v) is 3.65. The molecule has 0 bridgehead atoms. The number of carbonyl (C=O) groups is 1. The molecule has 0 radical (unpaired) electrons. The van der Waals surface area contributed by atoms with Crippen molar-refractivity contribution < 1.29 is 13.9 Å². The van der Waals surface area contributed by atoms with Crippen LogP contribution in [0.2, 0.25) is 0 Å². The lowest BCUT2D eigenvalue weighted by molar-refractivity contribution is 0.168. The van der Waals surface area contributed by atoms with Gasteiger partial charge in [0.05, 0.1) is 6.61 Å². The fourth-order valence-electron chi connectivity index (χ4n) is 3.65. The van der Waals surface area contributed by atoms with E-state index in [4.69, 9.17) is 9.15 Å². The third-order valence-electron chi connectivity index (χ3n) is 4.96. The highest BCUT2D eigenvalue weighted by Gasteiger charge is 2.17. The zero-order chi connectivity index (χ0) is 19.5. The van der Waals surface area contributed by atoms with Gasteiger partial charge in [0.25, 0.3) is 0 Å². The van der Waals surface area contributed by atoms with Crippen LogP contribution in [0.4, 0.5) is 10.5 Å². The van der Waals surface area contributed by atoms with Crippen LogP contribution in [0.5, 0.6) is 0 Å². The van der Waals surface area contributed by atoms with Gasteiger partial charge in [-0.25, -0.2) is 9.59 Å². The second-order valence-electron chi connectivity index (χ2n) is 6.88. The SMILES string of the molecule is CCOC(=O)Nc1ccc2c(CN3CCc4ccccc4C3)cc(=O)oc2c1. The largest absolute Gasteiger partial charge is 0.450 e. The van der Waals surface area contributed by atoms with Gasteiger partial charge in [-0.3, -0.25) is 10.2 Å². The van der Waals surface area contributed by atoms with Crippen molar-refractivity contribution in [3.8, 4) is 0 Å². The van der Waals surface area contributed by atoms with Gasteiger partial charge in [0.15, 0.2) is 0 Å². The molecule has 2 aromatic carbocycles. The molecule has 1 aromatic heterocycles. The van der Waals surface area contributed by atoms with Gasteiger partial charge in [-0.1, -0.05) is 24.3 Å². The Labute approximate surface area is 162 Å². The van der Waals surface area contributed by atoms with E-state index in [1.165, 1.54) is 11.1 Å². The first-order valence-electron chi connectivity index (χ1n) is 9.42. The summed E-state index contributed by atoms with van der Waals surface area (Å²) in [5.74, 6) is 0. The minimum Gasteiger partial charge on any atom is -0.450 e. The van der Waals surface area contributed by atoms with Crippen LogP contribution >= 0.6 is 0 Å². The summed E-state index contributed by atoms with van der Waals surface area (Å²) in [7, 11) is 0. The smallest absolute Gasteiger partial charge is 0.411 e. The highest BCUT2D eigenvalue weighted by molar-refractivity contribution is 5.89. The molecule has 1 N–H and O–H groups in total. The van der Waals surface area contributed by atoms with Crippen molar-refractivity contribution in [3.63, 3.8) is 0 Å². The Balaban J connectivity index is 1.59. The number of anilines is 1. The molecule has 1 amide bonds. The molecular formula is C22H22N2O4. The van der Waals surface area contributed by atoms with Gasteiger partial charge in [0.2, 0.25) is 0 Å². The number of hydrogen-bond donors (Lipinski definition) is 1. The summed E-state index contributed by atoms with van der Waals surface area (Å²) >= 11 is 0. The molecule has 6 nitrogen and oxygen atoms in total. The van der Waals surface area contributed by atoms with Gasteiger partial charge >= 0.3 is 11.7 Å². The van der Waals surface area contributed by atoms with Crippen LogP contribution in [0.15, 0.2) is 57.7 Å². The molecule has 1 aliphatic heterocycles. The predicted octanol–water partition coefficient (Wildman–Crippen LogP) is 3.92. The van der Waals surface area contributed by atoms with Gasteiger partial charge in [0.1, 0.15) is 5.58 Å². The van der Waals surface area contributed by atoms with Crippen molar-refractivity contribution >= 4 is 22.7 Å². The number of hydrogen-bond acceptors (Lipinski definition) is 5. The molecule has 0 spiro atoms. The molecule has 1 aliphatic rings. The zero-order valence-electron chi connectivity index (χ0n) is 15.7. The number of rotatable bonds is 4. The number of nitrogens with zero attached hydrogens (tertiary/aromatic N) is 1. The quantitative estimate of drug-likeness (QED) is 0.697. The molecule has 28 heavy (non-hydrogen) atoms. The van der Waals surface area contributed by atoms with Gasteiger partial charge in [0, 0.05) is 42.8 Å². The monoisotopic (exact) mass is 378 g/mol. The lowest BCUT2D eigenvalue weighted by Gasteiger charge is -2.28. The fraction of sp³-hybridized carbons (Fsp3) is 0.273. The Morgan fingerprint density at radius 1 is 1.18 bits per heavy atom. The predicted molar refractivity (Wildman–Crippen MR) is 107 cm³/mol. The summed E-state index contributed by atoms with van der Waals surface area (Å²) in [6.45, 7) is 4.50. The van der Waals surface area contributed by atoms with E-state index in [0.717, 1.165) is 30.5 Å². The van der Waals surface area contributed by atoms with Crippen LogP contribution in [-0.2, 0) is 24.2 Å². The zero-order valence-corrected chi connectivity index (χ0v) is 15.7. The number of benzene rings is 2. The van der Waals surface area contributed by atoms with E-state index in [2.05, 4.69) is 34.5 Å². The van der Waals surface area contributed by atoms with Crippen molar-refractivity contribution in [2.45, 2.75) is 26.4 Å². The summed E-state index contributed by atoms with van der Waals surface area (Å²) in [6.07, 6.45) is 0.468. The number of ether oxygens (including phenoxy) is 1. The first-order valence-corrected chi connectivity index (χ1v) is 9.42. The molecule has 0 unspecified atom stereocenters. The summed E-state index contributed by atoms with van der Waals surface area (Å²) in [5.41, 5.74) is 4.24. The second kappa shape index (κ2) is 7.86. The molecule has 0 aliphatic carbocycles. The van der Waals surface area contributed by atoms with Crippen molar-refractivity contribution in [2.75, 3.05) is 18.5 Å². The Hall–Kier alpha value is -3.12. The molecule has 0 saturated carbocycles. The minimum absolute atomic E-state index is 0.289. The van der Waals surface area contributed by atoms with E-state index in [1.807, 2.05) is 6.07 Å². The summed E-state index contributed by atoms with van der Waals surface area (Å²) in [6, 6.07) is 15.3. The number of fused-ring (bicyclic) bond motifs is 2. The highest BCUT2D eigenvalue weighted by atomic mass is 16.5. The Bertz CT molecular complexity index is 1070. The van der Waals surface area contributed by atoms with Crippen LogP contribution in [0.1, 0.15) is 23.6 Å². The van der Waals surface area contributed by atoms with E-state index in [-0.39, 0.29) is 6.61 Å². The van der Waals surface area contributed by atoms with Crippen LogP contribution < -0.4 is 10.9 Å². The average Bonchev–Trinajstić information content (AvgIpc) is 2.67. The summed E-state index contributed by atoms with van der Waals surface area (Å²) in [4.78, 5) is 26.0. The second-order valence-corrected chi connectivity index (χ2v) is 6.88. The summed E-state index contributed by atoms with van der Waals surface area (Å²) < 4.78 is 10.2. The molecule has 4 rings (SSSR count). The molecule has 0 saturated heterocycles. The van der Waals surface area contributed by atoms with Gasteiger partial charge in [-0.05, 0) is 42.2 Å². The van der Waals surface area contributed by atoms with Gasteiger partial charge < -0.3 is 9.15 Å². The standard InChI is InChI=1S/C22H22N2O4/c1-2-27-22(26)23-18-7-8-19-17(11-21(25)28-20(19)12-18)14-24-10-9-15-5-3-4-6-16(15)13-24/h3-8,11-12H,2,9-10,13-14H2,1H3,(H,23,26). The molecule has 2 heterocycles. The van der Waals surface area contributed by atoms with Crippen LogP contribution in [-0.4, -0.2) is 24.1 Å². The van der Waals surface area contributed by atoms with Crippen LogP contribution in [0, 0.1) is 0 Å². The number of carbonyl (C=O) groups excluding carboxylic acids is 1. The highest BCUT2D eigenvalue weighted by Crippen LogP contribution is 2.25. The molecular weight excluding hydrogens is 356 g/mol. The van der Waals surface area contributed by atoms with Crippen molar-refractivity contribution in [1.29, 1.82) is 0 Å². The lowest BCUT2D eigenvalue weighted by atomic mass is 9.99. The maximum Gasteiger partial charge on any atom is 0.411 e. The minimum atomic E-state index is -0.535. The topological polar surface area (TPSA) is 71.8 Å². The lowest BCUT2D eigenvalue weighted by Crippen LogP contribution is -2.30. The van der Waals surface area contributed by atoms with Crippen molar-refractivity contribution in [1.82, 2.24) is 4.90 Å². The Morgan fingerprint density at radius 3 is 2.82 bits per heavy atom. The normalized spacial score (nSPS) is 13.9. The van der Waals surface area contributed by atoms with Crippen LogP contribution in [0.3, 0.4) is 0 Å². The van der Waals surface area contributed by atoms with Gasteiger partial charge in [-0.2, -0.15) is 0 Å². The first kappa shape index (κ1) is 18.3. The average molecular weight is 378 g/mol. The van der Waals surface area contributed by atoms with Crippen molar-refractivity contribution in [3.05, 3.63) is 75.6 Å². The summed E-state index contributed by atoms with van der Waals surface area (Å²) in [5, 5.41) is 3.50. The Morgan fingerprint density at radius 2 is 2.00 bits per heavy atom. The van der Waals surface area contributed by atoms with Crippen LogP contribution in [0.25, 0.3) is 11.0 Å². The van der Waals surface area contributed by atoms with E-state index in [9.17, 15) is 9.59 Å². The molecule has 0 fully saturated rings. The van der Waals surface area contributed by atoms with E-state index >= 15 is 0 Å². The van der Waals surface area contributed by atoms with Gasteiger partial charge in [-0.15, -0.1) is 0 Å². The molecule has 3 aromatic rings. The Kier molecular flexibility index (Phi) is 5.12. The number of nitrogens with one attached hydrogen (secondary N) is 1. The number of amides is 1.